The molecule has 0 atom stereocenters. The summed E-state index contributed by atoms with van der Waals surface area (Å²) in [7, 11) is 0. The fourth-order valence-electron chi connectivity index (χ4n) is 1.85. The zero-order chi connectivity index (χ0) is 14.9. The van der Waals surface area contributed by atoms with Crippen molar-refractivity contribution in [2.75, 3.05) is 13.1 Å². The highest BCUT2D eigenvalue weighted by Gasteiger charge is 2.38. The summed E-state index contributed by atoms with van der Waals surface area (Å²) < 4.78 is 6.08. The Morgan fingerprint density at radius 2 is 2.00 bits per heavy atom. The molecule has 1 amide bonds. The minimum atomic E-state index is -0.514. The molecule has 108 valence electrons. The number of nitrogens with zero attached hydrogens (tertiary/aromatic N) is 2. The molecule has 0 radical (unpaired) electrons. The van der Waals surface area contributed by atoms with E-state index in [1.807, 2.05) is 20.8 Å². The topological polar surface area (TPSA) is 59.5 Å². The molecule has 0 spiro atoms. The standard InChI is InChI=1S/C14H17BrN2O3/c1-14(2,3)20-13(19)17-7-9(8-17)12(18)11-5-4-10(15)6-16-11/h4-6,9H,7-8H2,1-3H3. The average molecular weight is 341 g/mol. The highest BCUT2D eigenvalue weighted by Crippen LogP contribution is 2.22. The lowest BCUT2D eigenvalue weighted by Gasteiger charge is -2.38. The number of hydrogen-bond donors (Lipinski definition) is 0. The predicted molar refractivity (Wildman–Crippen MR) is 77.6 cm³/mol. The minimum Gasteiger partial charge on any atom is -0.444 e. The van der Waals surface area contributed by atoms with Crippen LogP contribution in [0.15, 0.2) is 22.8 Å². The molecule has 6 heteroatoms. The Morgan fingerprint density at radius 3 is 2.50 bits per heavy atom. The van der Waals surface area contributed by atoms with Gasteiger partial charge in [0.15, 0.2) is 5.78 Å². The van der Waals surface area contributed by atoms with Gasteiger partial charge in [-0.15, -0.1) is 0 Å². The average Bonchev–Trinajstić information content (AvgIpc) is 2.25. The molecule has 0 aliphatic carbocycles. The first kappa shape index (κ1) is 15.0. The van der Waals surface area contributed by atoms with Gasteiger partial charge in [0, 0.05) is 23.8 Å². The number of pyridine rings is 1. The van der Waals surface area contributed by atoms with E-state index in [0.717, 1.165) is 4.47 Å². The molecular formula is C14H17BrN2O3. The summed E-state index contributed by atoms with van der Waals surface area (Å²) in [6.07, 6.45) is 1.22. The lowest BCUT2D eigenvalue weighted by molar-refractivity contribution is 0.00140. The maximum atomic E-state index is 12.1. The summed E-state index contributed by atoms with van der Waals surface area (Å²) in [6.45, 7) is 6.24. The number of ketones is 1. The van der Waals surface area contributed by atoms with Gasteiger partial charge in [0.2, 0.25) is 0 Å². The zero-order valence-corrected chi connectivity index (χ0v) is 13.3. The van der Waals surface area contributed by atoms with Crippen LogP contribution in [-0.4, -0.2) is 40.5 Å². The van der Waals surface area contributed by atoms with Crippen LogP contribution in [0.25, 0.3) is 0 Å². The van der Waals surface area contributed by atoms with Crippen molar-refractivity contribution in [1.29, 1.82) is 0 Å². The number of carbonyl (C=O) groups is 2. The normalized spacial score (nSPS) is 15.7. The second-order valence-corrected chi connectivity index (χ2v) is 6.72. The van der Waals surface area contributed by atoms with E-state index in [-0.39, 0.29) is 17.8 Å². The Labute approximate surface area is 126 Å². The summed E-state index contributed by atoms with van der Waals surface area (Å²) in [5.41, 5.74) is -0.0820. The molecule has 1 aliphatic rings. The fraction of sp³-hybridized carbons (Fsp3) is 0.500. The Hall–Kier alpha value is -1.43. The Morgan fingerprint density at radius 1 is 1.35 bits per heavy atom. The highest BCUT2D eigenvalue weighted by molar-refractivity contribution is 9.10. The predicted octanol–water partition coefficient (Wildman–Crippen LogP) is 2.89. The van der Waals surface area contributed by atoms with Crippen molar-refractivity contribution in [3.05, 3.63) is 28.5 Å². The van der Waals surface area contributed by atoms with Gasteiger partial charge in [0.25, 0.3) is 0 Å². The first-order chi connectivity index (χ1) is 9.26. The molecule has 1 fully saturated rings. The number of rotatable bonds is 2. The third kappa shape index (κ3) is 3.56. The summed E-state index contributed by atoms with van der Waals surface area (Å²) in [6, 6.07) is 3.47. The van der Waals surface area contributed by atoms with E-state index in [2.05, 4.69) is 20.9 Å². The van der Waals surface area contributed by atoms with E-state index in [0.29, 0.717) is 18.8 Å². The third-order valence-electron chi connectivity index (χ3n) is 2.88. The van der Waals surface area contributed by atoms with Gasteiger partial charge in [-0.3, -0.25) is 9.78 Å². The molecule has 2 heterocycles. The van der Waals surface area contributed by atoms with Crippen LogP contribution >= 0.6 is 15.9 Å². The van der Waals surface area contributed by atoms with Gasteiger partial charge >= 0.3 is 6.09 Å². The summed E-state index contributed by atoms with van der Waals surface area (Å²) in [4.78, 5) is 29.5. The van der Waals surface area contributed by atoms with Crippen LogP contribution in [0.1, 0.15) is 31.3 Å². The first-order valence-corrected chi connectivity index (χ1v) is 7.19. The monoisotopic (exact) mass is 340 g/mol. The molecule has 1 aromatic rings. The first-order valence-electron chi connectivity index (χ1n) is 6.40. The number of hydrogen-bond acceptors (Lipinski definition) is 4. The van der Waals surface area contributed by atoms with E-state index in [4.69, 9.17) is 4.74 Å². The number of ether oxygens (including phenoxy) is 1. The minimum absolute atomic E-state index is 0.0303. The van der Waals surface area contributed by atoms with E-state index in [1.54, 1.807) is 18.3 Å². The van der Waals surface area contributed by atoms with Gasteiger partial charge in [0.1, 0.15) is 11.3 Å². The molecule has 2 rings (SSSR count). The number of halogens is 1. The molecule has 1 aromatic heterocycles. The number of carbonyl (C=O) groups excluding carboxylic acids is 2. The smallest absolute Gasteiger partial charge is 0.410 e. The Balaban J connectivity index is 1.88. The maximum Gasteiger partial charge on any atom is 0.410 e. The SMILES string of the molecule is CC(C)(C)OC(=O)N1CC(C(=O)c2ccc(Br)cn2)C1. The molecule has 0 saturated carbocycles. The molecule has 5 nitrogen and oxygen atoms in total. The largest absolute Gasteiger partial charge is 0.444 e. The van der Waals surface area contributed by atoms with Crippen molar-refractivity contribution in [1.82, 2.24) is 9.88 Å². The molecule has 1 aliphatic heterocycles. The van der Waals surface area contributed by atoms with Crippen LogP contribution < -0.4 is 0 Å². The van der Waals surface area contributed by atoms with Crippen molar-refractivity contribution >= 4 is 27.8 Å². The number of aromatic nitrogens is 1. The van der Waals surface area contributed by atoms with Crippen LogP contribution in [0.4, 0.5) is 4.79 Å². The van der Waals surface area contributed by atoms with Crippen LogP contribution in [0, 0.1) is 5.92 Å². The van der Waals surface area contributed by atoms with Crippen LogP contribution in [0.3, 0.4) is 0 Å². The molecular weight excluding hydrogens is 324 g/mol. The van der Waals surface area contributed by atoms with Crippen molar-refractivity contribution in [3.63, 3.8) is 0 Å². The summed E-state index contributed by atoms with van der Waals surface area (Å²) in [5, 5.41) is 0. The zero-order valence-electron chi connectivity index (χ0n) is 11.7. The van der Waals surface area contributed by atoms with E-state index >= 15 is 0 Å². The van der Waals surface area contributed by atoms with E-state index < -0.39 is 5.60 Å². The summed E-state index contributed by atoms with van der Waals surface area (Å²) in [5.74, 6) is -0.214. The molecule has 0 bridgehead atoms. The fourth-order valence-corrected chi connectivity index (χ4v) is 2.09. The van der Waals surface area contributed by atoms with Crippen molar-refractivity contribution in [2.24, 2.45) is 5.92 Å². The number of likely N-dealkylation sites (tertiary alicyclic amines) is 1. The van der Waals surface area contributed by atoms with E-state index in [1.165, 1.54) is 4.90 Å². The van der Waals surface area contributed by atoms with Crippen LogP contribution in [0.5, 0.6) is 0 Å². The van der Waals surface area contributed by atoms with E-state index in [9.17, 15) is 9.59 Å². The highest BCUT2D eigenvalue weighted by atomic mass is 79.9. The second-order valence-electron chi connectivity index (χ2n) is 5.81. The molecule has 20 heavy (non-hydrogen) atoms. The molecule has 0 unspecified atom stereocenters. The Kier molecular flexibility index (Phi) is 4.13. The van der Waals surface area contributed by atoms with Gasteiger partial charge in [0.05, 0.1) is 5.92 Å². The van der Waals surface area contributed by atoms with Gasteiger partial charge in [-0.25, -0.2) is 4.79 Å². The van der Waals surface area contributed by atoms with Crippen LogP contribution in [-0.2, 0) is 4.74 Å². The van der Waals surface area contributed by atoms with Crippen LogP contribution in [0.2, 0.25) is 0 Å². The number of amides is 1. The molecule has 0 N–H and O–H groups in total. The van der Waals surface area contributed by atoms with Crippen molar-refractivity contribution in [3.8, 4) is 0 Å². The lowest BCUT2D eigenvalue weighted by atomic mass is 9.93. The van der Waals surface area contributed by atoms with Crippen molar-refractivity contribution < 1.29 is 14.3 Å². The maximum absolute atomic E-state index is 12.1. The van der Waals surface area contributed by atoms with Gasteiger partial charge in [-0.05, 0) is 48.8 Å². The quantitative estimate of drug-likeness (QED) is 0.776. The summed E-state index contributed by atoms with van der Waals surface area (Å²) >= 11 is 3.28. The number of Topliss-reactive ketones (excluding diaryl/α,β-unsaturated/α-hetero) is 1. The molecule has 1 saturated heterocycles. The molecule has 0 aromatic carbocycles. The van der Waals surface area contributed by atoms with Gasteiger partial charge in [-0.2, -0.15) is 0 Å². The third-order valence-corrected chi connectivity index (χ3v) is 3.35. The van der Waals surface area contributed by atoms with Gasteiger partial charge in [-0.1, -0.05) is 0 Å². The lowest BCUT2D eigenvalue weighted by Crippen LogP contribution is -2.54. The van der Waals surface area contributed by atoms with Gasteiger partial charge < -0.3 is 9.64 Å². The second kappa shape index (κ2) is 5.52. The Bertz CT molecular complexity index is 516. The van der Waals surface area contributed by atoms with Crippen molar-refractivity contribution in [2.45, 2.75) is 26.4 Å².